The van der Waals surface area contributed by atoms with Crippen LogP contribution in [-0.4, -0.2) is 22.4 Å². The lowest BCUT2D eigenvalue weighted by atomic mass is 9.81. The van der Waals surface area contributed by atoms with Gasteiger partial charge in [0.15, 0.2) is 5.82 Å². The lowest BCUT2D eigenvalue weighted by molar-refractivity contribution is -0.182. The van der Waals surface area contributed by atoms with E-state index in [1.54, 1.807) is 0 Å². The molecule has 7 heteroatoms. The van der Waals surface area contributed by atoms with Crippen LogP contribution in [0.1, 0.15) is 57.2 Å². The number of hydrogen-bond donors (Lipinski definition) is 1. The summed E-state index contributed by atoms with van der Waals surface area (Å²) in [4.78, 5) is 4.27. The lowest BCUT2D eigenvalue weighted by Crippen LogP contribution is -2.27. The van der Waals surface area contributed by atoms with Crippen LogP contribution < -0.4 is 5.32 Å². The highest BCUT2D eigenvalue weighted by Crippen LogP contribution is 2.42. The third kappa shape index (κ3) is 3.94. The van der Waals surface area contributed by atoms with Crippen molar-refractivity contribution in [3.05, 3.63) is 11.7 Å². The molecule has 0 saturated heterocycles. The van der Waals surface area contributed by atoms with Crippen LogP contribution in [0.4, 0.5) is 13.2 Å². The molecule has 0 aromatic carbocycles. The first-order valence-corrected chi connectivity index (χ1v) is 6.99. The highest BCUT2D eigenvalue weighted by atomic mass is 19.4. The Labute approximate surface area is 116 Å². The second-order valence-corrected chi connectivity index (χ2v) is 5.67. The smallest absolute Gasteiger partial charge is 0.339 e. The van der Waals surface area contributed by atoms with Gasteiger partial charge in [0.05, 0.1) is 12.5 Å². The van der Waals surface area contributed by atoms with E-state index in [0.29, 0.717) is 37.1 Å². The van der Waals surface area contributed by atoms with E-state index in [9.17, 15) is 13.2 Å². The van der Waals surface area contributed by atoms with Crippen molar-refractivity contribution in [3.63, 3.8) is 0 Å². The monoisotopic (exact) mass is 291 g/mol. The molecule has 0 unspecified atom stereocenters. The van der Waals surface area contributed by atoms with E-state index in [-0.39, 0.29) is 18.8 Å². The standard InChI is InChI=1S/C13H20F3N3O/c1-8(2)17-7-11-18-12(20-19-11)9-3-5-10(6-4-9)13(14,15)16/h8-10,17H,3-7H2,1-2H3. The highest BCUT2D eigenvalue weighted by molar-refractivity contribution is 4.97. The first kappa shape index (κ1) is 15.3. The van der Waals surface area contributed by atoms with Gasteiger partial charge in [0.2, 0.25) is 5.89 Å². The van der Waals surface area contributed by atoms with E-state index in [4.69, 9.17) is 4.52 Å². The third-order valence-electron chi connectivity index (χ3n) is 3.69. The van der Waals surface area contributed by atoms with Gasteiger partial charge in [-0.05, 0) is 25.7 Å². The maximum atomic E-state index is 12.6. The van der Waals surface area contributed by atoms with Crippen molar-refractivity contribution >= 4 is 0 Å². The van der Waals surface area contributed by atoms with Gasteiger partial charge in [-0.2, -0.15) is 18.2 Å². The van der Waals surface area contributed by atoms with Gasteiger partial charge in [-0.3, -0.25) is 0 Å². The molecule has 0 radical (unpaired) electrons. The van der Waals surface area contributed by atoms with Crippen molar-refractivity contribution in [1.29, 1.82) is 0 Å². The zero-order valence-electron chi connectivity index (χ0n) is 11.7. The molecule has 1 aromatic heterocycles. The fourth-order valence-corrected chi connectivity index (χ4v) is 2.47. The van der Waals surface area contributed by atoms with E-state index >= 15 is 0 Å². The molecule has 1 aliphatic carbocycles. The Morgan fingerprint density at radius 1 is 1.25 bits per heavy atom. The first-order chi connectivity index (χ1) is 9.36. The largest absolute Gasteiger partial charge is 0.391 e. The van der Waals surface area contributed by atoms with E-state index in [1.807, 2.05) is 13.8 Å². The molecule has 0 bridgehead atoms. The summed E-state index contributed by atoms with van der Waals surface area (Å²) in [7, 11) is 0. The molecule has 4 nitrogen and oxygen atoms in total. The van der Waals surface area contributed by atoms with Crippen molar-refractivity contribution in [2.24, 2.45) is 5.92 Å². The quantitative estimate of drug-likeness (QED) is 0.923. The molecule has 1 aromatic rings. The zero-order chi connectivity index (χ0) is 14.8. The van der Waals surface area contributed by atoms with E-state index < -0.39 is 12.1 Å². The Hall–Kier alpha value is -1.11. The molecular formula is C13H20F3N3O. The van der Waals surface area contributed by atoms with Gasteiger partial charge >= 0.3 is 6.18 Å². The van der Waals surface area contributed by atoms with Crippen molar-refractivity contribution in [2.75, 3.05) is 0 Å². The van der Waals surface area contributed by atoms with Crippen LogP contribution in [0.5, 0.6) is 0 Å². The van der Waals surface area contributed by atoms with Crippen LogP contribution in [0.15, 0.2) is 4.52 Å². The zero-order valence-corrected chi connectivity index (χ0v) is 11.7. The summed E-state index contributed by atoms with van der Waals surface area (Å²) in [6, 6.07) is 0.319. The van der Waals surface area contributed by atoms with Crippen molar-refractivity contribution < 1.29 is 17.7 Å². The number of aromatic nitrogens is 2. The number of nitrogens with one attached hydrogen (secondary N) is 1. The summed E-state index contributed by atoms with van der Waals surface area (Å²) in [5, 5.41) is 7.03. The molecular weight excluding hydrogens is 271 g/mol. The van der Waals surface area contributed by atoms with E-state index in [2.05, 4.69) is 15.5 Å². The average Bonchev–Trinajstić information content (AvgIpc) is 2.84. The second kappa shape index (κ2) is 6.11. The Balaban J connectivity index is 1.88. The normalized spacial score (nSPS) is 24.3. The summed E-state index contributed by atoms with van der Waals surface area (Å²) < 4.78 is 42.9. The predicted molar refractivity (Wildman–Crippen MR) is 67.0 cm³/mol. The van der Waals surface area contributed by atoms with Crippen LogP contribution in [0, 0.1) is 5.92 Å². The molecule has 1 saturated carbocycles. The fraction of sp³-hybridized carbons (Fsp3) is 0.846. The van der Waals surface area contributed by atoms with Crippen molar-refractivity contribution in [3.8, 4) is 0 Å². The Morgan fingerprint density at radius 2 is 1.90 bits per heavy atom. The van der Waals surface area contributed by atoms with Crippen LogP contribution in [0.3, 0.4) is 0 Å². The molecule has 0 atom stereocenters. The molecule has 0 spiro atoms. The molecule has 1 fully saturated rings. The summed E-state index contributed by atoms with van der Waals surface area (Å²) in [5.74, 6) is -0.171. The van der Waals surface area contributed by atoms with Gasteiger partial charge < -0.3 is 9.84 Å². The Kier molecular flexibility index (Phi) is 4.67. The minimum Gasteiger partial charge on any atom is -0.339 e. The van der Waals surface area contributed by atoms with Crippen molar-refractivity contribution in [1.82, 2.24) is 15.5 Å². The highest BCUT2D eigenvalue weighted by Gasteiger charge is 2.42. The van der Waals surface area contributed by atoms with Crippen molar-refractivity contribution in [2.45, 2.75) is 64.2 Å². The number of halogens is 3. The number of rotatable bonds is 4. The van der Waals surface area contributed by atoms with Crippen LogP contribution in [0.2, 0.25) is 0 Å². The van der Waals surface area contributed by atoms with Gasteiger partial charge in [0.1, 0.15) is 0 Å². The number of alkyl halides is 3. The summed E-state index contributed by atoms with van der Waals surface area (Å²) >= 11 is 0. The predicted octanol–water partition coefficient (Wildman–Crippen LogP) is 3.40. The molecule has 20 heavy (non-hydrogen) atoms. The van der Waals surface area contributed by atoms with Crippen LogP contribution in [0.25, 0.3) is 0 Å². The van der Waals surface area contributed by atoms with Crippen LogP contribution >= 0.6 is 0 Å². The Morgan fingerprint density at radius 3 is 2.45 bits per heavy atom. The first-order valence-electron chi connectivity index (χ1n) is 6.99. The Bertz CT molecular complexity index is 423. The topological polar surface area (TPSA) is 51.0 Å². The van der Waals surface area contributed by atoms with Gasteiger partial charge in [-0.15, -0.1) is 0 Å². The minimum atomic E-state index is -4.08. The van der Waals surface area contributed by atoms with Crippen LogP contribution in [-0.2, 0) is 6.54 Å². The number of hydrogen-bond acceptors (Lipinski definition) is 4. The second-order valence-electron chi connectivity index (χ2n) is 5.67. The van der Waals surface area contributed by atoms with Gasteiger partial charge in [0.25, 0.3) is 0 Å². The molecule has 1 N–H and O–H groups in total. The fourth-order valence-electron chi connectivity index (χ4n) is 2.47. The van der Waals surface area contributed by atoms with E-state index in [1.165, 1.54) is 0 Å². The van der Waals surface area contributed by atoms with Gasteiger partial charge in [-0.1, -0.05) is 19.0 Å². The molecule has 1 aliphatic rings. The molecule has 2 rings (SSSR count). The average molecular weight is 291 g/mol. The molecule has 1 heterocycles. The van der Waals surface area contributed by atoms with E-state index in [0.717, 1.165) is 0 Å². The lowest BCUT2D eigenvalue weighted by Gasteiger charge is -2.27. The van der Waals surface area contributed by atoms with Gasteiger partial charge in [-0.25, -0.2) is 0 Å². The maximum Gasteiger partial charge on any atom is 0.391 e. The maximum absolute atomic E-state index is 12.6. The summed E-state index contributed by atoms with van der Waals surface area (Å²) in [5.41, 5.74) is 0. The summed E-state index contributed by atoms with van der Waals surface area (Å²) in [6.45, 7) is 4.54. The summed E-state index contributed by atoms with van der Waals surface area (Å²) in [6.07, 6.45) is -2.86. The molecule has 0 amide bonds. The molecule has 114 valence electrons. The van der Waals surface area contributed by atoms with Gasteiger partial charge in [0, 0.05) is 12.0 Å². The SMILES string of the molecule is CC(C)NCc1noc(C2CCC(C(F)(F)F)CC2)n1. The third-order valence-corrected chi connectivity index (χ3v) is 3.69. The minimum absolute atomic E-state index is 0.0334. The number of nitrogens with zero attached hydrogens (tertiary/aromatic N) is 2. The molecule has 0 aliphatic heterocycles.